The number of ether oxygens (including phenoxy) is 1. The second-order valence-electron chi connectivity index (χ2n) is 4.69. The van der Waals surface area contributed by atoms with Crippen molar-refractivity contribution in [3.63, 3.8) is 0 Å². The molecule has 22 heavy (non-hydrogen) atoms. The highest BCUT2D eigenvalue weighted by Crippen LogP contribution is 2.41. The van der Waals surface area contributed by atoms with Crippen LogP contribution in [-0.4, -0.2) is 5.11 Å². The molecule has 0 aromatic heterocycles. The molecule has 0 saturated carbocycles. The molecule has 0 unspecified atom stereocenters. The molecule has 3 rings (SSSR count). The molecule has 1 N–H and O–H groups in total. The number of benzene rings is 3. The van der Waals surface area contributed by atoms with Gasteiger partial charge in [-0.25, -0.2) is 4.39 Å². The Hall–Kier alpha value is -2.52. The van der Waals surface area contributed by atoms with E-state index in [2.05, 4.69) is 0 Å². The van der Waals surface area contributed by atoms with Crippen LogP contribution in [0, 0.1) is 5.82 Å². The van der Waals surface area contributed by atoms with Crippen LogP contribution in [0.1, 0.15) is 0 Å². The van der Waals surface area contributed by atoms with Crippen molar-refractivity contribution < 1.29 is 14.2 Å². The zero-order valence-electron chi connectivity index (χ0n) is 11.5. The maximum absolute atomic E-state index is 14.2. The van der Waals surface area contributed by atoms with Gasteiger partial charge in [-0.15, -0.1) is 0 Å². The monoisotopic (exact) mass is 314 g/mol. The lowest BCUT2D eigenvalue weighted by Gasteiger charge is -2.14. The van der Waals surface area contributed by atoms with Crippen LogP contribution in [-0.2, 0) is 0 Å². The van der Waals surface area contributed by atoms with Crippen molar-refractivity contribution in [2.45, 2.75) is 0 Å². The number of phenolic OH excluding ortho intramolecular Hbond substituents is 1. The van der Waals surface area contributed by atoms with Gasteiger partial charge in [0, 0.05) is 5.02 Å². The molecule has 0 radical (unpaired) electrons. The normalized spacial score (nSPS) is 10.5. The average Bonchev–Trinajstić information content (AvgIpc) is 2.53. The van der Waals surface area contributed by atoms with E-state index in [0.29, 0.717) is 21.9 Å². The van der Waals surface area contributed by atoms with E-state index in [4.69, 9.17) is 16.3 Å². The Morgan fingerprint density at radius 2 is 1.55 bits per heavy atom. The minimum absolute atomic E-state index is 0.0199. The summed E-state index contributed by atoms with van der Waals surface area (Å²) in [5.74, 6) is -0.142. The Morgan fingerprint density at radius 1 is 0.864 bits per heavy atom. The molecule has 0 atom stereocenters. The number of hydrogen-bond donors (Lipinski definition) is 1. The Labute approximate surface area is 132 Å². The third-order valence-corrected chi connectivity index (χ3v) is 3.44. The number of hydrogen-bond acceptors (Lipinski definition) is 2. The van der Waals surface area contributed by atoms with Crippen molar-refractivity contribution in [3.05, 3.63) is 77.6 Å². The lowest BCUT2D eigenvalue weighted by molar-refractivity contribution is 0.431. The summed E-state index contributed by atoms with van der Waals surface area (Å²) in [6, 6.07) is 18.1. The summed E-state index contributed by atoms with van der Waals surface area (Å²) in [6.45, 7) is 0. The Bertz CT molecular complexity index is 786. The summed E-state index contributed by atoms with van der Waals surface area (Å²) in [4.78, 5) is 0. The van der Waals surface area contributed by atoms with Crippen LogP contribution in [0.15, 0.2) is 66.7 Å². The van der Waals surface area contributed by atoms with Crippen LogP contribution >= 0.6 is 11.6 Å². The second kappa shape index (κ2) is 6.08. The van der Waals surface area contributed by atoms with E-state index < -0.39 is 5.82 Å². The molecule has 0 saturated heterocycles. The summed E-state index contributed by atoms with van der Waals surface area (Å²) >= 11 is 5.87. The van der Waals surface area contributed by atoms with E-state index >= 15 is 0 Å². The Balaban J connectivity index is 2.12. The van der Waals surface area contributed by atoms with Crippen molar-refractivity contribution in [1.29, 1.82) is 0 Å². The molecular weight excluding hydrogens is 303 g/mol. The predicted octanol–water partition coefficient (Wildman–Crippen LogP) is 5.64. The van der Waals surface area contributed by atoms with Crippen LogP contribution in [0.3, 0.4) is 0 Å². The molecule has 0 aliphatic carbocycles. The average molecular weight is 315 g/mol. The maximum Gasteiger partial charge on any atom is 0.174 e. The molecule has 2 nitrogen and oxygen atoms in total. The first-order valence-corrected chi connectivity index (χ1v) is 7.03. The fourth-order valence-corrected chi connectivity index (χ4v) is 2.27. The van der Waals surface area contributed by atoms with E-state index in [1.54, 1.807) is 48.5 Å². The smallest absolute Gasteiger partial charge is 0.174 e. The molecule has 0 heterocycles. The number of para-hydroxylation sites is 1. The van der Waals surface area contributed by atoms with Crippen LogP contribution in [0.5, 0.6) is 17.2 Å². The van der Waals surface area contributed by atoms with Gasteiger partial charge in [0.05, 0.1) is 5.56 Å². The number of halogens is 2. The highest BCUT2D eigenvalue weighted by molar-refractivity contribution is 6.30. The van der Waals surface area contributed by atoms with Crippen LogP contribution < -0.4 is 4.74 Å². The van der Waals surface area contributed by atoms with Gasteiger partial charge in [-0.2, -0.15) is 0 Å². The van der Waals surface area contributed by atoms with Gasteiger partial charge in [0.1, 0.15) is 11.5 Å². The number of aromatic hydroxyl groups is 1. The summed E-state index contributed by atoms with van der Waals surface area (Å²) < 4.78 is 19.9. The predicted molar refractivity (Wildman–Crippen MR) is 85.0 cm³/mol. The molecule has 4 heteroatoms. The SMILES string of the molecule is Oc1ccc(F)c(Oc2ccccc2)c1-c1ccc(Cl)cc1. The quantitative estimate of drug-likeness (QED) is 0.677. The topological polar surface area (TPSA) is 29.5 Å². The molecule has 0 amide bonds. The molecule has 0 spiro atoms. The van der Waals surface area contributed by atoms with Gasteiger partial charge in [-0.1, -0.05) is 41.9 Å². The van der Waals surface area contributed by atoms with E-state index in [1.807, 2.05) is 6.07 Å². The van der Waals surface area contributed by atoms with Crippen molar-refractivity contribution in [2.24, 2.45) is 0 Å². The van der Waals surface area contributed by atoms with Gasteiger partial charge < -0.3 is 9.84 Å². The number of rotatable bonds is 3. The molecule has 0 fully saturated rings. The fraction of sp³-hybridized carbons (Fsp3) is 0. The van der Waals surface area contributed by atoms with Gasteiger partial charge >= 0.3 is 0 Å². The largest absolute Gasteiger partial charge is 0.507 e. The summed E-state index contributed by atoms with van der Waals surface area (Å²) in [7, 11) is 0. The van der Waals surface area contributed by atoms with Crippen molar-refractivity contribution in [1.82, 2.24) is 0 Å². The van der Waals surface area contributed by atoms with Crippen LogP contribution in [0.25, 0.3) is 11.1 Å². The van der Waals surface area contributed by atoms with Gasteiger partial charge in [-0.05, 0) is 42.0 Å². The zero-order valence-corrected chi connectivity index (χ0v) is 12.2. The minimum atomic E-state index is -0.549. The van der Waals surface area contributed by atoms with Gasteiger partial charge in [0.2, 0.25) is 0 Å². The van der Waals surface area contributed by atoms with Gasteiger partial charge in [0.25, 0.3) is 0 Å². The van der Waals surface area contributed by atoms with Crippen LogP contribution in [0.2, 0.25) is 5.02 Å². The Morgan fingerprint density at radius 3 is 2.23 bits per heavy atom. The highest BCUT2D eigenvalue weighted by atomic mass is 35.5. The van der Waals surface area contributed by atoms with E-state index in [9.17, 15) is 9.50 Å². The molecule has 0 aliphatic heterocycles. The lowest BCUT2D eigenvalue weighted by Crippen LogP contribution is -1.93. The van der Waals surface area contributed by atoms with Crippen molar-refractivity contribution in [3.8, 4) is 28.4 Å². The van der Waals surface area contributed by atoms with Crippen LogP contribution in [0.4, 0.5) is 4.39 Å². The highest BCUT2D eigenvalue weighted by Gasteiger charge is 2.17. The molecular formula is C18H12ClFO2. The zero-order chi connectivity index (χ0) is 15.5. The Kier molecular flexibility index (Phi) is 3.98. The first kappa shape index (κ1) is 14.4. The van der Waals surface area contributed by atoms with Gasteiger partial charge in [0.15, 0.2) is 11.6 Å². The summed E-state index contributed by atoms with van der Waals surface area (Å²) in [5.41, 5.74) is 0.910. The first-order valence-electron chi connectivity index (χ1n) is 6.65. The van der Waals surface area contributed by atoms with E-state index in [-0.39, 0.29) is 11.5 Å². The number of phenols is 1. The van der Waals surface area contributed by atoms with E-state index in [1.165, 1.54) is 12.1 Å². The fourth-order valence-electron chi connectivity index (χ4n) is 2.15. The summed E-state index contributed by atoms with van der Waals surface area (Å²) in [5, 5.41) is 10.7. The third-order valence-electron chi connectivity index (χ3n) is 3.18. The maximum atomic E-state index is 14.2. The molecule has 3 aromatic rings. The van der Waals surface area contributed by atoms with Gasteiger partial charge in [-0.3, -0.25) is 0 Å². The summed E-state index contributed by atoms with van der Waals surface area (Å²) in [6.07, 6.45) is 0. The first-order chi connectivity index (χ1) is 10.6. The van der Waals surface area contributed by atoms with Crippen molar-refractivity contribution in [2.75, 3.05) is 0 Å². The minimum Gasteiger partial charge on any atom is -0.507 e. The van der Waals surface area contributed by atoms with E-state index in [0.717, 1.165) is 0 Å². The van der Waals surface area contributed by atoms with Crippen molar-refractivity contribution >= 4 is 11.6 Å². The standard InChI is InChI=1S/C18H12ClFO2/c19-13-8-6-12(7-9-13)17-16(21)11-10-15(20)18(17)22-14-4-2-1-3-5-14/h1-11,21H. The third kappa shape index (κ3) is 2.90. The molecule has 0 aliphatic rings. The molecule has 110 valence electrons. The molecule has 3 aromatic carbocycles. The molecule has 0 bridgehead atoms. The lowest BCUT2D eigenvalue weighted by atomic mass is 10.0. The second-order valence-corrected chi connectivity index (χ2v) is 5.13.